The van der Waals surface area contributed by atoms with Crippen molar-refractivity contribution < 1.29 is 22.7 Å². The largest absolute Gasteiger partial charge is 0.497 e. The van der Waals surface area contributed by atoms with Crippen LogP contribution in [-0.4, -0.2) is 41.1 Å². The number of nitrogens with one attached hydrogen (secondary N) is 1. The van der Waals surface area contributed by atoms with E-state index in [1.54, 1.807) is 55.6 Å². The van der Waals surface area contributed by atoms with Crippen molar-refractivity contribution in [3.05, 3.63) is 83.9 Å². The summed E-state index contributed by atoms with van der Waals surface area (Å²) in [6.45, 7) is 3.81. The van der Waals surface area contributed by atoms with Gasteiger partial charge in [-0.1, -0.05) is 42.0 Å². The number of anilines is 1. The standard InChI is InChI=1S/C25H28N2O5S/c1-19-11-13-23(14-12-19)33(29,30)27(24-10-5-4-7-20(24)2)18-25(28)26-15-16-32-22-9-6-8-21(17-22)31-3/h4-14,17H,15-16,18H2,1-3H3,(H,26,28). The minimum atomic E-state index is -3.94. The van der Waals surface area contributed by atoms with Gasteiger partial charge in [0.2, 0.25) is 5.91 Å². The van der Waals surface area contributed by atoms with Crippen LogP contribution in [0.25, 0.3) is 0 Å². The van der Waals surface area contributed by atoms with Crippen LogP contribution in [0.1, 0.15) is 11.1 Å². The van der Waals surface area contributed by atoms with Crippen LogP contribution in [0, 0.1) is 13.8 Å². The monoisotopic (exact) mass is 468 g/mol. The van der Waals surface area contributed by atoms with Gasteiger partial charge in [0.15, 0.2) is 0 Å². The van der Waals surface area contributed by atoms with Crippen molar-refractivity contribution in [3.8, 4) is 11.5 Å². The molecule has 0 saturated heterocycles. The number of ether oxygens (including phenoxy) is 2. The summed E-state index contributed by atoms with van der Waals surface area (Å²) in [4.78, 5) is 12.8. The Morgan fingerprint density at radius 2 is 1.64 bits per heavy atom. The summed E-state index contributed by atoms with van der Waals surface area (Å²) in [5, 5.41) is 2.73. The SMILES string of the molecule is COc1cccc(OCCNC(=O)CN(c2ccccc2C)S(=O)(=O)c2ccc(C)cc2)c1. The average Bonchev–Trinajstić information content (AvgIpc) is 2.81. The molecule has 0 aromatic heterocycles. The van der Waals surface area contributed by atoms with Gasteiger partial charge in [0.25, 0.3) is 10.0 Å². The third kappa shape index (κ3) is 6.26. The molecule has 0 heterocycles. The van der Waals surface area contributed by atoms with E-state index < -0.39 is 15.9 Å². The van der Waals surface area contributed by atoms with E-state index in [9.17, 15) is 13.2 Å². The smallest absolute Gasteiger partial charge is 0.264 e. The van der Waals surface area contributed by atoms with E-state index in [1.807, 2.05) is 38.1 Å². The number of hydrogen-bond acceptors (Lipinski definition) is 5. The summed E-state index contributed by atoms with van der Waals surface area (Å²) in [7, 11) is -2.37. The second-order valence-corrected chi connectivity index (χ2v) is 9.35. The van der Waals surface area contributed by atoms with E-state index in [4.69, 9.17) is 9.47 Å². The second-order valence-electron chi connectivity index (χ2n) is 7.49. The predicted octanol–water partition coefficient (Wildman–Crippen LogP) is 3.70. The van der Waals surface area contributed by atoms with Gasteiger partial charge in [-0.15, -0.1) is 0 Å². The number of nitrogens with zero attached hydrogens (tertiary/aromatic N) is 1. The lowest BCUT2D eigenvalue weighted by Crippen LogP contribution is -2.42. The number of para-hydroxylation sites is 1. The van der Waals surface area contributed by atoms with E-state index in [2.05, 4.69) is 5.32 Å². The van der Waals surface area contributed by atoms with Crippen molar-refractivity contribution in [1.29, 1.82) is 0 Å². The normalized spacial score (nSPS) is 11.0. The van der Waals surface area contributed by atoms with Crippen LogP contribution in [0.3, 0.4) is 0 Å². The number of sulfonamides is 1. The highest BCUT2D eigenvalue weighted by molar-refractivity contribution is 7.92. The molecule has 33 heavy (non-hydrogen) atoms. The molecule has 1 N–H and O–H groups in total. The Morgan fingerprint density at radius 3 is 2.33 bits per heavy atom. The quantitative estimate of drug-likeness (QED) is 0.459. The summed E-state index contributed by atoms with van der Waals surface area (Å²) >= 11 is 0. The highest BCUT2D eigenvalue weighted by atomic mass is 32.2. The Bertz CT molecular complexity index is 1190. The number of aryl methyl sites for hydroxylation is 2. The first-order chi connectivity index (χ1) is 15.8. The number of rotatable bonds is 10. The van der Waals surface area contributed by atoms with Gasteiger partial charge < -0.3 is 14.8 Å². The molecule has 0 spiro atoms. The third-order valence-electron chi connectivity index (χ3n) is 5.01. The minimum absolute atomic E-state index is 0.130. The third-order valence-corrected chi connectivity index (χ3v) is 6.79. The highest BCUT2D eigenvalue weighted by Gasteiger charge is 2.28. The van der Waals surface area contributed by atoms with Gasteiger partial charge in [-0.3, -0.25) is 9.10 Å². The van der Waals surface area contributed by atoms with E-state index in [0.717, 1.165) is 15.4 Å². The van der Waals surface area contributed by atoms with Crippen LogP contribution in [-0.2, 0) is 14.8 Å². The topological polar surface area (TPSA) is 84.9 Å². The molecule has 3 rings (SSSR count). The van der Waals surface area contributed by atoms with Gasteiger partial charge in [0.1, 0.15) is 24.7 Å². The summed E-state index contributed by atoms with van der Waals surface area (Å²) < 4.78 is 38.8. The number of hydrogen-bond donors (Lipinski definition) is 1. The lowest BCUT2D eigenvalue weighted by molar-refractivity contribution is -0.119. The molecule has 0 aliphatic rings. The first-order valence-corrected chi connectivity index (χ1v) is 11.9. The maximum absolute atomic E-state index is 13.4. The molecule has 0 fully saturated rings. The van der Waals surface area contributed by atoms with Crippen LogP contribution in [0.2, 0.25) is 0 Å². The molecule has 0 atom stereocenters. The van der Waals surface area contributed by atoms with Gasteiger partial charge in [-0.25, -0.2) is 8.42 Å². The maximum atomic E-state index is 13.4. The zero-order chi connectivity index (χ0) is 23.8. The lowest BCUT2D eigenvalue weighted by Gasteiger charge is -2.25. The average molecular weight is 469 g/mol. The van der Waals surface area contributed by atoms with Gasteiger partial charge in [0.05, 0.1) is 24.2 Å². The molecule has 3 aromatic rings. The number of amides is 1. The van der Waals surface area contributed by atoms with Crippen molar-refractivity contribution in [1.82, 2.24) is 5.32 Å². The number of carbonyl (C=O) groups excluding carboxylic acids is 1. The van der Waals surface area contributed by atoms with Crippen molar-refractivity contribution in [2.45, 2.75) is 18.7 Å². The highest BCUT2D eigenvalue weighted by Crippen LogP contribution is 2.26. The molecule has 0 bridgehead atoms. The molecule has 7 nitrogen and oxygen atoms in total. The van der Waals surface area contributed by atoms with Crippen molar-refractivity contribution >= 4 is 21.6 Å². The summed E-state index contributed by atoms with van der Waals surface area (Å²) in [5.74, 6) is 0.863. The zero-order valence-electron chi connectivity index (χ0n) is 18.9. The molecule has 0 unspecified atom stereocenters. The Morgan fingerprint density at radius 1 is 0.939 bits per heavy atom. The van der Waals surface area contributed by atoms with Crippen LogP contribution >= 0.6 is 0 Å². The number of benzene rings is 3. The van der Waals surface area contributed by atoms with Crippen LogP contribution in [0.4, 0.5) is 5.69 Å². The van der Waals surface area contributed by atoms with Crippen LogP contribution in [0.5, 0.6) is 11.5 Å². The fourth-order valence-corrected chi connectivity index (χ4v) is 4.70. The summed E-state index contributed by atoms with van der Waals surface area (Å²) in [6, 6.07) is 20.8. The Kier molecular flexibility index (Phi) is 7.95. The fraction of sp³-hybridized carbons (Fsp3) is 0.240. The molecule has 0 aliphatic carbocycles. The van der Waals surface area contributed by atoms with Crippen molar-refractivity contribution in [2.24, 2.45) is 0 Å². The van der Waals surface area contributed by atoms with Gasteiger partial charge in [0, 0.05) is 6.07 Å². The van der Waals surface area contributed by atoms with E-state index in [1.165, 1.54) is 0 Å². The lowest BCUT2D eigenvalue weighted by atomic mass is 10.2. The molecule has 0 radical (unpaired) electrons. The van der Waals surface area contributed by atoms with E-state index in [-0.39, 0.29) is 24.6 Å². The first kappa shape index (κ1) is 24.1. The summed E-state index contributed by atoms with van der Waals surface area (Å²) in [5.41, 5.74) is 2.16. The Hall–Kier alpha value is -3.52. The van der Waals surface area contributed by atoms with Crippen LogP contribution in [0.15, 0.2) is 77.7 Å². The summed E-state index contributed by atoms with van der Waals surface area (Å²) in [6.07, 6.45) is 0. The minimum Gasteiger partial charge on any atom is -0.497 e. The molecule has 8 heteroatoms. The van der Waals surface area contributed by atoms with Crippen molar-refractivity contribution in [3.63, 3.8) is 0 Å². The van der Waals surface area contributed by atoms with Gasteiger partial charge in [-0.2, -0.15) is 0 Å². The number of methoxy groups -OCH3 is 1. The second kappa shape index (κ2) is 10.9. The molecule has 1 amide bonds. The molecule has 3 aromatic carbocycles. The molecule has 0 aliphatic heterocycles. The van der Waals surface area contributed by atoms with Crippen molar-refractivity contribution in [2.75, 3.05) is 31.1 Å². The zero-order valence-corrected chi connectivity index (χ0v) is 19.8. The van der Waals surface area contributed by atoms with Gasteiger partial charge in [-0.05, 0) is 49.7 Å². The number of carbonyl (C=O) groups is 1. The first-order valence-electron chi connectivity index (χ1n) is 10.5. The van der Waals surface area contributed by atoms with E-state index in [0.29, 0.717) is 17.2 Å². The maximum Gasteiger partial charge on any atom is 0.264 e. The fourth-order valence-electron chi connectivity index (χ4n) is 3.22. The van der Waals surface area contributed by atoms with Crippen LogP contribution < -0.4 is 19.1 Å². The van der Waals surface area contributed by atoms with Gasteiger partial charge >= 0.3 is 0 Å². The Balaban J connectivity index is 1.70. The van der Waals surface area contributed by atoms with E-state index >= 15 is 0 Å². The Labute approximate surface area is 195 Å². The molecular formula is C25H28N2O5S. The molecular weight excluding hydrogens is 440 g/mol. The predicted molar refractivity (Wildman–Crippen MR) is 128 cm³/mol. The molecule has 174 valence electrons. The molecule has 0 saturated carbocycles.